The summed E-state index contributed by atoms with van der Waals surface area (Å²) in [6, 6.07) is 16.2. The summed E-state index contributed by atoms with van der Waals surface area (Å²) in [5.74, 6) is 0.932. The van der Waals surface area contributed by atoms with E-state index in [1.54, 1.807) is 36.4 Å². The molecule has 0 aliphatic carbocycles. The molecule has 0 aliphatic rings. The van der Waals surface area contributed by atoms with Crippen molar-refractivity contribution in [2.24, 2.45) is 0 Å². The number of amides is 1. The van der Waals surface area contributed by atoms with Gasteiger partial charge in [-0.25, -0.2) is 0 Å². The first-order valence-corrected chi connectivity index (χ1v) is 11.0. The molecule has 0 spiro atoms. The van der Waals surface area contributed by atoms with E-state index in [0.717, 1.165) is 5.01 Å². The molecule has 9 heteroatoms. The van der Waals surface area contributed by atoms with Gasteiger partial charge in [-0.15, -0.1) is 10.2 Å². The maximum atomic E-state index is 12.4. The first-order valence-electron chi connectivity index (χ1n) is 9.83. The summed E-state index contributed by atoms with van der Waals surface area (Å²) in [6.07, 6.45) is 1.50. The number of aromatic nitrogens is 2. The quantitative estimate of drug-likeness (QED) is 0.259. The predicted octanol–water partition coefficient (Wildman–Crippen LogP) is 5.32. The fraction of sp³-hybridized carbons (Fsp3) is 0.217. The number of carbonyl (C=O) groups is 1. The van der Waals surface area contributed by atoms with Gasteiger partial charge in [0.05, 0.1) is 5.02 Å². The van der Waals surface area contributed by atoms with E-state index in [9.17, 15) is 10.1 Å². The molecule has 0 fully saturated rings. The van der Waals surface area contributed by atoms with E-state index in [2.05, 4.69) is 15.5 Å². The van der Waals surface area contributed by atoms with Crippen LogP contribution in [0.3, 0.4) is 0 Å². The van der Waals surface area contributed by atoms with Crippen molar-refractivity contribution in [2.75, 3.05) is 18.5 Å². The van der Waals surface area contributed by atoms with E-state index in [1.165, 1.54) is 17.4 Å². The van der Waals surface area contributed by atoms with E-state index < -0.39 is 5.91 Å². The van der Waals surface area contributed by atoms with Gasteiger partial charge < -0.3 is 9.47 Å². The predicted molar refractivity (Wildman–Crippen MR) is 125 cm³/mol. The smallest absolute Gasteiger partial charge is 0.268 e. The third kappa shape index (κ3) is 6.54. The van der Waals surface area contributed by atoms with Crippen LogP contribution in [0.25, 0.3) is 6.08 Å². The zero-order valence-corrected chi connectivity index (χ0v) is 19.1. The molecule has 1 N–H and O–H groups in total. The van der Waals surface area contributed by atoms with Crippen LogP contribution in [-0.2, 0) is 4.79 Å². The maximum Gasteiger partial charge on any atom is 0.268 e. The molecule has 0 aliphatic heterocycles. The van der Waals surface area contributed by atoms with Gasteiger partial charge >= 0.3 is 0 Å². The van der Waals surface area contributed by atoms with Gasteiger partial charge in [0.25, 0.3) is 5.91 Å². The van der Waals surface area contributed by atoms with Gasteiger partial charge in [-0.2, -0.15) is 5.26 Å². The monoisotopic (exact) mass is 468 g/mol. The zero-order valence-electron chi connectivity index (χ0n) is 17.5. The number of nitriles is 1. The highest BCUT2D eigenvalue weighted by Gasteiger charge is 2.14. The molecule has 0 unspecified atom stereocenters. The first kappa shape index (κ1) is 23.3. The fourth-order valence-electron chi connectivity index (χ4n) is 2.53. The van der Waals surface area contributed by atoms with Gasteiger partial charge in [0.2, 0.25) is 5.13 Å². The molecule has 3 aromatic rings. The number of anilines is 1. The standard InChI is InChI=1S/C23H21ClN4O3S/c1-15(2)22-27-28-23(32-22)26-21(29)17(14-25)13-16-7-9-18(10-8-16)30-11-12-31-20-6-4-3-5-19(20)24/h3-10,13,15H,11-12H2,1-2H3,(H,26,28,29). The second-order valence-corrected chi connectivity index (χ2v) is 8.34. The zero-order chi connectivity index (χ0) is 22.9. The Balaban J connectivity index is 1.53. The molecule has 3 rings (SSSR count). The average Bonchev–Trinajstić information content (AvgIpc) is 3.26. The molecule has 1 aromatic heterocycles. The minimum atomic E-state index is -0.531. The van der Waals surface area contributed by atoms with Crippen LogP contribution in [-0.4, -0.2) is 29.3 Å². The van der Waals surface area contributed by atoms with Crippen LogP contribution >= 0.6 is 22.9 Å². The number of rotatable bonds is 9. The van der Waals surface area contributed by atoms with E-state index in [-0.39, 0.29) is 11.5 Å². The lowest BCUT2D eigenvalue weighted by Gasteiger charge is -2.09. The SMILES string of the molecule is CC(C)c1nnc(NC(=O)C(C#N)=Cc2ccc(OCCOc3ccccc3Cl)cc2)s1. The molecule has 7 nitrogen and oxygen atoms in total. The summed E-state index contributed by atoms with van der Waals surface area (Å²) in [7, 11) is 0. The number of benzene rings is 2. The lowest BCUT2D eigenvalue weighted by atomic mass is 10.1. The highest BCUT2D eigenvalue weighted by atomic mass is 35.5. The largest absolute Gasteiger partial charge is 0.490 e. The number of nitrogens with one attached hydrogen (secondary N) is 1. The highest BCUT2D eigenvalue weighted by molar-refractivity contribution is 7.15. The minimum Gasteiger partial charge on any atom is -0.490 e. The number of halogens is 1. The van der Waals surface area contributed by atoms with Crippen molar-refractivity contribution in [2.45, 2.75) is 19.8 Å². The van der Waals surface area contributed by atoms with Gasteiger partial charge in [0, 0.05) is 5.92 Å². The number of hydrogen-bond acceptors (Lipinski definition) is 7. The number of para-hydroxylation sites is 1. The van der Waals surface area contributed by atoms with E-state index in [0.29, 0.717) is 40.4 Å². The summed E-state index contributed by atoms with van der Waals surface area (Å²) in [5, 5.41) is 21.7. The Kier molecular flexibility index (Phi) is 8.20. The summed E-state index contributed by atoms with van der Waals surface area (Å²) >= 11 is 7.33. The van der Waals surface area contributed by atoms with Crippen LogP contribution in [0.1, 0.15) is 30.3 Å². The number of nitrogens with zero attached hydrogens (tertiary/aromatic N) is 3. The van der Waals surface area contributed by atoms with E-state index in [4.69, 9.17) is 21.1 Å². The Morgan fingerprint density at radius 1 is 1.16 bits per heavy atom. The molecule has 0 radical (unpaired) electrons. The van der Waals surface area contributed by atoms with Crippen LogP contribution in [0, 0.1) is 11.3 Å². The second kappa shape index (κ2) is 11.3. The Bertz CT molecular complexity index is 1140. The lowest BCUT2D eigenvalue weighted by molar-refractivity contribution is -0.112. The van der Waals surface area contributed by atoms with E-state index >= 15 is 0 Å². The topological polar surface area (TPSA) is 97.1 Å². The van der Waals surface area contributed by atoms with Crippen LogP contribution in [0.2, 0.25) is 5.02 Å². The molecule has 1 heterocycles. The molecule has 32 heavy (non-hydrogen) atoms. The fourth-order valence-corrected chi connectivity index (χ4v) is 3.46. The van der Waals surface area contributed by atoms with E-state index in [1.807, 2.05) is 32.0 Å². The second-order valence-electron chi connectivity index (χ2n) is 6.92. The van der Waals surface area contributed by atoms with Gasteiger partial charge in [0.1, 0.15) is 41.4 Å². The van der Waals surface area contributed by atoms with Crippen LogP contribution in [0.4, 0.5) is 5.13 Å². The first-order chi connectivity index (χ1) is 15.5. The van der Waals surface area contributed by atoms with Gasteiger partial charge in [0.15, 0.2) is 0 Å². The van der Waals surface area contributed by atoms with Crippen molar-refractivity contribution < 1.29 is 14.3 Å². The van der Waals surface area contributed by atoms with Crippen LogP contribution in [0.15, 0.2) is 54.1 Å². The van der Waals surface area contributed by atoms with Crippen molar-refractivity contribution >= 4 is 40.1 Å². The number of ether oxygens (including phenoxy) is 2. The summed E-state index contributed by atoms with van der Waals surface area (Å²) < 4.78 is 11.2. The molecule has 0 saturated heterocycles. The van der Waals surface area contributed by atoms with Crippen molar-refractivity contribution in [1.82, 2.24) is 10.2 Å². The van der Waals surface area contributed by atoms with Crippen molar-refractivity contribution in [3.63, 3.8) is 0 Å². The Hall–Kier alpha value is -3.41. The Labute approximate surface area is 195 Å². The number of carbonyl (C=O) groups excluding carboxylic acids is 1. The van der Waals surface area contributed by atoms with Crippen molar-refractivity contribution in [3.8, 4) is 17.6 Å². The molecular weight excluding hydrogens is 448 g/mol. The average molecular weight is 469 g/mol. The third-order valence-corrected chi connectivity index (χ3v) is 5.61. The number of hydrogen-bond donors (Lipinski definition) is 1. The summed E-state index contributed by atoms with van der Waals surface area (Å²) in [4.78, 5) is 12.4. The molecule has 2 aromatic carbocycles. The minimum absolute atomic E-state index is 0.0342. The molecule has 164 valence electrons. The van der Waals surface area contributed by atoms with Crippen molar-refractivity contribution in [1.29, 1.82) is 5.26 Å². The molecule has 0 saturated carbocycles. The molecule has 0 atom stereocenters. The molecular formula is C23H21ClN4O3S. The summed E-state index contributed by atoms with van der Waals surface area (Å²) in [6.45, 7) is 4.67. The normalized spacial score (nSPS) is 11.2. The highest BCUT2D eigenvalue weighted by Crippen LogP contribution is 2.24. The van der Waals surface area contributed by atoms with Crippen LogP contribution in [0.5, 0.6) is 11.5 Å². The van der Waals surface area contributed by atoms with Gasteiger partial charge in [-0.3, -0.25) is 10.1 Å². The van der Waals surface area contributed by atoms with Gasteiger partial charge in [-0.1, -0.05) is 61.1 Å². The molecule has 0 bridgehead atoms. The maximum absolute atomic E-state index is 12.4. The Morgan fingerprint density at radius 3 is 2.53 bits per heavy atom. The van der Waals surface area contributed by atoms with Crippen LogP contribution < -0.4 is 14.8 Å². The third-order valence-electron chi connectivity index (χ3n) is 4.16. The Morgan fingerprint density at radius 2 is 1.88 bits per heavy atom. The van der Waals surface area contributed by atoms with Crippen molar-refractivity contribution in [3.05, 3.63) is 69.7 Å². The molecule has 1 amide bonds. The summed E-state index contributed by atoms with van der Waals surface area (Å²) in [5.41, 5.74) is 0.657. The lowest BCUT2D eigenvalue weighted by Crippen LogP contribution is -2.13. The van der Waals surface area contributed by atoms with Gasteiger partial charge in [-0.05, 0) is 35.9 Å².